The van der Waals surface area contributed by atoms with Crippen LogP contribution in [0.3, 0.4) is 0 Å². The summed E-state index contributed by atoms with van der Waals surface area (Å²) < 4.78 is 18.0. The first kappa shape index (κ1) is 14.0. The second-order valence-corrected chi connectivity index (χ2v) is 4.84. The van der Waals surface area contributed by atoms with Gasteiger partial charge in [-0.1, -0.05) is 12.1 Å². The first-order valence-electron chi connectivity index (χ1n) is 6.42. The van der Waals surface area contributed by atoms with E-state index in [1.165, 1.54) is 12.1 Å². The molecule has 1 aliphatic heterocycles. The molecule has 1 amide bonds. The van der Waals surface area contributed by atoms with E-state index < -0.39 is 0 Å². The Morgan fingerprint density at radius 1 is 1.47 bits per heavy atom. The van der Waals surface area contributed by atoms with Crippen molar-refractivity contribution in [3.05, 3.63) is 35.6 Å². The number of methoxy groups -OCH3 is 1. The summed E-state index contributed by atoms with van der Waals surface area (Å²) in [5.74, 6) is -0.320. The Labute approximate surface area is 112 Å². The summed E-state index contributed by atoms with van der Waals surface area (Å²) in [5, 5.41) is 6.05. The number of rotatable bonds is 4. The Kier molecular flexibility index (Phi) is 4.50. The molecule has 5 heteroatoms. The van der Waals surface area contributed by atoms with Crippen LogP contribution in [0.1, 0.15) is 24.9 Å². The van der Waals surface area contributed by atoms with Crippen molar-refractivity contribution in [2.24, 2.45) is 0 Å². The number of carbonyl (C=O) groups excluding carboxylic acids is 1. The third kappa shape index (κ3) is 3.52. The summed E-state index contributed by atoms with van der Waals surface area (Å²) in [5.41, 5.74) is 0.885. The molecular formula is C14H19FN2O2. The molecule has 0 aliphatic carbocycles. The Balaban J connectivity index is 1.90. The van der Waals surface area contributed by atoms with E-state index in [2.05, 4.69) is 10.6 Å². The molecule has 19 heavy (non-hydrogen) atoms. The maximum atomic E-state index is 12.8. The molecule has 1 aromatic rings. The molecule has 2 rings (SSSR count). The molecule has 2 unspecified atom stereocenters. The highest BCUT2D eigenvalue weighted by atomic mass is 19.1. The fraction of sp³-hybridized carbons (Fsp3) is 0.500. The Bertz CT molecular complexity index is 436. The van der Waals surface area contributed by atoms with Crippen LogP contribution in [0.4, 0.5) is 4.39 Å². The van der Waals surface area contributed by atoms with E-state index in [4.69, 9.17) is 4.74 Å². The van der Waals surface area contributed by atoms with Gasteiger partial charge in [0.15, 0.2) is 0 Å². The zero-order chi connectivity index (χ0) is 13.8. The van der Waals surface area contributed by atoms with Crippen molar-refractivity contribution < 1.29 is 13.9 Å². The lowest BCUT2D eigenvalue weighted by Crippen LogP contribution is -2.41. The Morgan fingerprint density at radius 3 is 2.74 bits per heavy atom. The summed E-state index contributed by atoms with van der Waals surface area (Å²) in [4.78, 5) is 12.1. The molecule has 104 valence electrons. The van der Waals surface area contributed by atoms with Crippen molar-refractivity contribution in [3.63, 3.8) is 0 Å². The molecule has 4 nitrogen and oxygen atoms in total. The summed E-state index contributed by atoms with van der Waals surface area (Å²) in [7, 11) is 1.65. The number of amides is 1. The SMILES string of the molecule is COC1CNC(C(=O)N[C@@H](C)c2ccc(F)cc2)C1. The maximum Gasteiger partial charge on any atom is 0.237 e. The van der Waals surface area contributed by atoms with Gasteiger partial charge < -0.3 is 15.4 Å². The molecular weight excluding hydrogens is 247 g/mol. The highest BCUT2D eigenvalue weighted by Gasteiger charge is 2.29. The predicted octanol–water partition coefficient (Wildman–Crippen LogP) is 1.38. The minimum absolute atomic E-state index is 0.0450. The highest BCUT2D eigenvalue weighted by molar-refractivity contribution is 5.82. The van der Waals surface area contributed by atoms with E-state index in [9.17, 15) is 9.18 Å². The molecule has 0 spiro atoms. The van der Waals surface area contributed by atoms with Crippen LogP contribution in [0, 0.1) is 5.82 Å². The van der Waals surface area contributed by atoms with Gasteiger partial charge in [-0.15, -0.1) is 0 Å². The van der Waals surface area contributed by atoms with Crippen LogP contribution in [-0.2, 0) is 9.53 Å². The third-order valence-electron chi connectivity index (χ3n) is 3.47. The van der Waals surface area contributed by atoms with Crippen LogP contribution in [-0.4, -0.2) is 31.7 Å². The normalized spacial score (nSPS) is 24.2. The lowest BCUT2D eigenvalue weighted by Gasteiger charge is -2.17. The minimum atomic E-state index is -0.275. The summed E-state index contributed by atoms with van der Waals surface area (Å²) in [6.07, 6.45) is 0.773. The molecule has 0 bridgehead atoms. The Hall–Kier alpha value is -1.46. The monoisotopic (exact) mass is 266 g/mol. The molecule has 1 saturated heterocycles. The van der Waals surface area contributed by atoms with Crippen LogP contribution >= 0.6 is 0 Å². The predicted molar refractivity (Wildman–Crippen MR) is 70.2 cm³/mol. The molecule has 1 fully saturated rings. The lowest BCUT2D eigenvalue weighted by atomic mass is 10.1. The van der Waals surface area contributed by atoms with Crippen molar-refractivity contribution in [3.8, 4) is 0 Å². The highest BCUT2D eigenvalue weighted by Crippen LogP contribution is 2.15. The zero-order valence-corrected chi connectivity index (χ0v) is 11.2. The largest absolute Gasteiger partial charge is 0.380 e. The number of hydrogen-bond donors (Lipinski definition) is 2. The molecule has 1 aromatic carbocycles. The molecule has 0 saturated carbocycles. The van der Waals surface area contributed by atoms with Crippen LogP contribution < -0.4 is 10.6 Å². The van der Waals surface area contributed by atoms with E-state index in [0.717, 1.165) is 5.56 Å². The number of benzene rings is 1. The minimum Gasteiger partial charge on any atom is -0.380 e. The van der Waals surface area contributed by atoms with Gasteiger partial charge in [0, 0.05) is 13.7 Å². The van der Waals surface area contributed by atoms with Crippen molar-refractivity contribution in [2.45, 2.75) is 31.5 Å². The zero-order valence-electron chi connectivity index (χ0n) is 11.2. The topological polar surface area (TPSA) is 50.4 Å². The first-order chi connectivity index (χ1) is 9.10. The van der Waals surface area contributed by atoms with Gasteiger partial charge in [-0.05, 0) is 31.0 Å². The van der Waals surface area contributed by atoms with Crippen molar-refractivity contribution >= 4 is 5.91 Å². The van der Waals surface area contributed by atoms with Crippen LogP contribution in [0.25, 0.3) is 0 Å². The molecule has 0 aromatic heterocycles. The molecule has 1 heterocycles. The van der Waals surface area contributed by atoms with Crippen LogP contribution in [0.15, 0.2) is 24.3 Å². The summed E-state index contributed by atoms with van der Waals surface area (Å²) in [6, 6.07) is 5.80. The average Bonchev–Trinajstić information content (AvgIpc) is 2.88. The van der Waals surface area contributed by atoms with E-state index >= 15 is 0 Å². The van der Waals surface area contributed by atoms with Crippen molar-refractivity contribution in [1.82, 2.24) is 10.6 Å². The van der Waals surface area contributed by atoms with Crippen LogP contribution in [0.2, 0.25) is 0 Å². The van der Waals surface area contributed by atoms with Gasteiger partial charge in [0.05, 0.1) is 18.2 Å². The van der Waals surface area contributed by atoms with E-state index in [1.807, 2.05) is 6.92 Å². The third-order valence-corrected chi connectivity index (χ3v) is 3.47. The average molecular weight is 266 g/mol. The van der Waals surface area contributed by atoms with E-state index in [0.29, 0.717) is 13.0 Å². The van der Waals surface area contributed by atoms with Gasteiger partial charge in [-0.2, -0.15) is 0 Å². The van der Waals surface area contributed by atoms with Gasteiger partial charge in [-0.25, -0.2) is 4.39 Å². The second-order valence-electron chi connectivity index (χ2n) is 4.84. The summed E-state index contributed by atoms with van der Waals surface area (Å²) >= 11 is 0. The van der Waals surface area contributed by atoms with Gasteiger partial charge in [0.1, 0.15) is 5.82 Å². The number of ether oxygens (including phenoxy) is 1. The number of carbonyl (C=O) groups is 1. The lowest BCUT2D eigenvalue weighted by molar-refractivity contribution is -0.123. The molecule has 1 aliphatic rings. The van der Waals surface area contributed by atoms with Gasteiger partial charge in [-0.3, -0.25) is 4.79 Å². The fourth-order valence-electron chi connectivity index (χ4n) is 2.23. The number of hydrogen-bond acceptors (Lipinski definition) is 3. The molecule has 3 atom stereocenters. The van der Waals surface area contributed by atoms with Crippen molar-refractivity contribution in [1.29, 1.82) is 0 Å². The number of nitrogens with one attached hydrogen (secondary N) is 2. The Morgan fingerprint density at radius 2 is 2.16 bits per heavy atom. The van der Waals surface area contributed by atoms with E-state index in [-0.39, 0.29) is 29.9 Å². The number of halogens is 1. The van der Waals surface area contributed by atoms with Gasteiger partial charge in [0.25, 0.3) is 0 Å². The van der Waals surface area contributed by atoms with Gasteiger partial charge in [0.2, 0.25) is 5.91 Å². The van der Waals surface area contributed by atoms with Gasteiger partial charge >= 0.3 is 0 Å². The molecule has 2 N–H and O–H groups in total. The van der Waals surface area contributed by atoms with Crippen LogP contribution in [0.5, 0.6) is 0 Å². The first-order valence-corrected chi connectivity index (χ1v) is 6.42. The van der Waals surface area contributed by atoms with Crippen molar-refractivity contribution in [2.75, 3.05) is 13.7 Å². The second kappa shape index (κ2) is 6.12. The quantitative estimate of drug-likeness (QED) is 0.865. The standard InChI is InChI=1S/C14H19FN2O2/c1-9(10-3-5-11(15)6-4-10)17-14(18)13-7-12(19-2)8-16-13/h3-6,9,12-13,16H,7-8H2,1-2H3,(H,17,18)/t9-,12?,13?/m0/s1. The summed E-state index contributed by atoms with van der Waals surface area (Å²) in [6.45, 7) is 2.58. The van der Waals surface area contributed by atoms with E-state index in [1.54, 1.807) is 19.2 Å². The maximum absolute atomic E-state index is 12.8. The smallest absolute Gasteiger partial charge is 0.237 e. The fourth-order valence-corrected chi connectivity index (χ4v) is 2.23. The molecule has 0 radical (unpaired) electrons.